The second kappa shape index (κ2) is 6.13. The second-order valence-electron chi connectivity index (χ2n) is 5.64. The van der Waals surface area contributed by atoms with Crippen molar-refractivity contribution in [2.45, 2.75) is 32.7 Å². The molecule has 1 aliphatic heterocycles. The Balaban J connectivity index is 2.21. The molecule has 1 aliphatic rings. The van der Waals surface area contributed by atoms with Crippen LogP contribution in [0.25, 0.3) is 11.0 Å². The van der Waals surface area contributed by atoms with Crippen molar-refractivity contribution in [3.63, 3.8) is 0 Å². The lowest BCUT2D eigenvalue weighted by atomic mass is 10.1. The molecule has 1 heterocycles. The van der Waals surface area contributed by atoms with Crippen molar-refractivity contribution in [1.82, 2.24) is 5.32 Å². The average Bonchev–Trinajstić information content (AvgIpc) is 2.75. The third kappa shape index (κ3) is 4.03. The summed E-state index contributed by atoms with van der Waals surface area (Å²) in [6, 6.07) is 5.75. The fourth-order valence-corrected chi connectivity index (χ4v) is 2.44. The molecule has 5 nitrogen and oxygen atoms in total. The van der Waals surface area contributed by atoms with Crippen LogP contribution in [0.5, 0.6) is 0 Å². The molecule has 0 bridgehead atoms. The minimum Gasteiger partial charge on any atom is -0.389 e. The van der Waals surface area contributed by atoms with Gasteiger partial charge in [0.15, 0.2) is 5.79 Å². The van der Waals surface area contributed by atoms with E-state index >= 15 is 0 Å². The Morgan fingerprint density at radius 1 is 1.38 bits per heavy atom. The molecule has 0 amide bonds. The van der Waals surface area contributed by atoms with Crippen molar-refractivity contribution in [3.05, 3.63) is 34.2 Å². The monoisotopic (exact) mass is 311 g/mol. The first kappa shape index (κ1) is 15.9. The topological polar surface area (TPSA) is 82.5 Å². The molecule has 21 heavy (non-hydrogen) atoms. The van der Waals surface area contributed by atoms with Crippen molar-refractivity contribution in [2.24, 2.45) is 11.5 Å². The van der Waals surface area contributed by atoms with E-state index in [0.717, 1.165) is 16.0 Å². The number of hydrogen-bond acceptors (Lipinski definition) is 5. The first-order valence-electron chi connectivity index (χ1n) is 6.86. The molecule has 1 saturated heterocycles. The van der Waals surface area contributed by atoms with Gasteiger partial charge in [-0.15, -0.1) is 0 Å². The van der Waals surface area contributed by atoms with Crippen molar-refractivity contribution < 1.29 is 9.47 Å². The molecule has 0 aromatic heterocycles. The number of hydrogen-bond donors (Lipinski definition) is 3. The fraction of sp³-hybridized carbons (Fsp3) is 0.467. The Morgan fingerprint density at radius 2 is 2.10 bits per heavy atom. The van der Waals surface area contributed by atoms with Gasteiger partial charge in [0, 0.05) is 17.0 Å². The number of aryl methyl sites for hydroxylation is 1. The van der Waals surface area contributed by atoms with Gasteiger partial charge in [-0.2, -0.15) is 0 Å². The number of halogens is 1. The van der Waals surface area contributed by atoms with Gasteiger partial charge in [-0.3, -0.25) is 0 Å². The zero-order chi connectivity index (χ0) is 15.6. The molecule has 1 aromatic carbocycles. The predicted octanol–water partition coefficient (Wildman–Crippen LogP) is 0.0237. The predicted molar refractivity (Wildman–Crippen MR) is 84.4 cm³/mol. The highest BCUT2D eigenvalue weighted by molar-refractivity contribution is 6.44. The molecule has 1 aromatic rings. The normalized spacial score (nSPS) is 23.7. The molecule has 116 valence electrons. The molecule has 0 radical (unpaired) electrons. The summed E-state index contributed by atoms with van der Waals surface area (Å²) in [5.41, 5.74) is 12.9. The Hall–Kier alpha value is -1.43. The Kier molecular flexibility index (Phi) is 4.66. The highest BCUT2D eigenvalue weighted by atomic mass is 35.5. The van der Waals surface area contributed by atoms with Crippen LogP contribution in [0, 0.1) is 6.92 Å². The second-order valence-corrected chi connectivity index (χ2v) is 6.05. The van der Waals surface area contributed by atoms with Gasteiger partial charge < -0.3 is 26.3 Å². The van der Waals surface area contributed by atoms with Gasteiger partial charge in [-0.25, -0.2) is 0 Å². The molecular weight excluding hydrogens is 290 g/mol. The standard InChI is InChI=1S/C15H22ClN3O2/c1-9-4-5-11(13(16)17)12(6-9)14(18)19-7-10-8-20-15(2,3)21-10/h4-6,10,19H,7-8,17-18H2,1-3H3/b13-11-,14-12+. The number of rotatable bonds is 3. The van der Waals surface area contributed by atoms with Crippen molar-refractivity contribution >= 4 is 22.6 Å². The maximum absolute atomic E-state index is 6.13. The molecule has 1 fully saturated rings. The van der Waals surface area contributed by atoms with Gasteiger partial charge in [-0.05, 0) is 26.8 Å². The lowest BCUT2D eigenvalue weighted by Crippen LogP contribution is -2.40. The summed E-state index contributed by atoms with van der Waals surface area (Å²) in [5, 5.41) is 4.89. The quantitative estimate of drug-likeness (QED) is 0.686. The molecule has 5 N–H and O–H groups in total. The molecule has 1 unspecified atom stereocenters. The lowest BCUT2D eigenvalue weighted by Gasteiger charge is -2.17. The van der Waals surface area contributed by atoms with Gasteiger partial charge in [-0.1, -0.05) is 29.3 Å². The van der Waals surface area contributed by atoms with Crippen LogP contribution < -0.4 is 27.2 Å². The van der Waals surface area contributed by atoms with Crippen molar-refractivity contribution in [2.75, 3.05) is 13.2 Å². The smallest absolute Gasteiger partial charge is 0.163 e. The van der Waals surface area contributed by atoms with E-state index in [9.17, 15) is 0 Å². The third-order valence-electron chi connectivity index (χ3n) is 3.31. The number of nitrogens with two attached hydrogens (primary N) is 2. The van der Waals surface area contributed by atoms with Crippen molar-refractivity contribution in [3.8, 4) is 0 Å². The summed E-state index contributed by atoms with van der Waals surface area (Å²) in [6.07, 6.45) is -0.0378. The van der Waals surface area contributed by atoms with Crippen LogP contribution in [-0.4, -0.2) is 25.0 Å². The van der Waals surface area contributed by atoms with E-state index in [1.165, 1.54) is 0 Å². The lowest BCUT2D eigenvalue weighted by molar-refractivity contribution is -0.137. The number of benzene rings is 1. The van der Waals surface area contributed by atoms with E-state index in [0.29, 0.717) is 19.0 Å². The van der Waals surface area contributed by atoms with Crippen molar-refractivity contribution in [1.29, 1.82) is 0 Å². The zero-order valence-electron chi connectivity index (χ0n) is 12.6. The fourth-order valence-electron chi connectivity index (χ4n) is 2.27. The zero-order valence-corrected chi connectivity index (χ0v) is 13.3. The summed E-state index contributed by atoms with van der Waals surface area (Å²) in [4.78, 5) is 0. The average molecular weight is 312 g/mol. The first-order valence-corrected chi connectivity index (χ1v) is 7.24. The van der Waals surface area contributed by atoms with Gasteiger partial charge >= 0.3 is 0 Å². The minimum atomic E-state index is -0.538. The van der Waals surface area contributed by atoms with Crippen LogP contribution in [0.1, 0.15) is 19.4 Å². The largest absolute Gasteiger partial charge is 0.389 e. The Morgan fingerprint density at radius 3 is 2.67 bits per heavy atom. The van der Waals surface area contributed by atoms with E-state index in [2.05, 4.69) is 5.32 Å². The van der Waals surface area contributed by atoms with Gasteiger partial charge in [0.1, 0.15) is 17.1 Å². The minimum absolute atomic E-state index is 0.0378. The summed E-state index contributed by atoms with van der Waals surface area (Å²) in [6.45, 7) is 6.87. The van der Waals surface area contributed by atoms with Crippen LogP contribution >= 0.6 is 11.6 Å². The highest BCUT2D eigenvalue weighted by Gasteiger charge is 2.32. The summed E-state index contributed by atoms with van der Waals surface area (Å²) in [7, 11) is 0. The van der Waals surface area contributed by atoms with E-state index in [1.54, 1.807) is 0 Å². The number of ether oxygens (including phenoxy) is 2. The van der Waals surface area contributed by atoms with E-state index in [4.69, 9.17) is 32.5 Å². The maximum atomic E-state index is 6.13. The van der Waals surface area contributed by atoms with Crippen LogP contribution in [0.3, 0.4) is 0 Å². The highest BCUT2D eigenvalue weighted by Crippen LogP contribution is 2.21. The maximum Gasteiger partial charge on any atom is 0.163 e. The van der Waals surface area contributed by atoms with Crippen LogP contribution in [-0.2, 0) is 9.47 Å². The van der Waals surface area contributed by atoms with E-state index in [1.807, 2.05) is 39.0 Å². The first-order chi connectivity index (χ1) is 9.78. The number of nitrogens with one attached hydrogen (secondary N) is 1. The van der Waals surface area contributed by atoms with Gasteiger partial charge in [0.2, 0.25) is 0 Å². The molecule has 0 aliphatic carbocycles. The van der Waals surface area contributed by atoms with Crippen LogP contribution in [0.15, 0.2) is 18.2 Å². The van der Waals surface area contributed by atoms with E-state index in [-0.39, 0.29) is 11.3 Å². The van der Waals surface area contributed by atoms with Gasteiger partial charge in [0.05, 0.1) is 6.61 Å². The summed E-state index contributed by atoms with van der Waals surface area (Å²) in [5.74, 6) is -0.0187. The molecule has 1 atom stereocenters. The molecular formula is C15H22ClN3O2. The third-order valence-corrected chi connectivity index (χ3v) is 3.51. The van der Waals surface area contributed by atoms with Crippen LogP contribution in [0.2, 0.25) is 0 Å². The van der Waals surface area contributed by atoms with Crippen LogP contribution in [0.4, 0.5) is 0 Å². The van der Waals surface area contributed by atoms with E-state index < -0.39 is 5.79 Å². The summed E-state index contributed by atoms with van der Waals surface area (Å²) < 4.78 is 11.2. The summed E-state index contributed by atoms with van der Waals surface area (Å²) >= 11 is 5.92. The molecule has 6 heteroatoms. The Labute approximate surface area is 129 Å². The SMILES string of the molecule is Cc1ccc(=C(/N)Cl)/c(=C(\N)NCC2COC(C)(C)O2)c1. The molecule has 2 rings (SSSR count). The van der Waals surface area contributed by atoms with Gasteiger partial charge in [0.25, 0.3) is 0 Å². The Bertz CT molecular complexity index is 639. The molecule has 0 spiro atoms. The molecule has 0 saturated carbocycles.